The summed E-state index contributed by atoms with van der Waals surface area (Å²) in [6, 6.07) is 0.111. The van der Waals surface area contributed by atoms with Gasteiger partial charge in [0.05, 0.1) is 6.04 Å². The van der Waals surface area contributed by atoms with Gasteiger partial charge < -0.3 is 15.2 Å². The monoisotopic (exact) mass is 331 g/mol. The van der Waals surface area contributed by atoms with Gasteiger partial charge in [0.1, 0.15) is 10.8 Å². The first-order chi connectivity index (χ1) is 11.3. The van der Waals surface area contributed by atoms with Gasteiger partial charge in [-0.25, -0.2) is 14.8 Å². The van der Waals surface area contributed by atoms with E-state index in [0.717, 1.165) is 36.8 Å². The highest BCUT2D eigenvalue weighted by molar-refractivity contribution is 7.09. The zero-order valence-corrected chi connectivity index (χ0v) is 13.8. The summed E-state index contributed by atoms with van der Waals surface area (Å²) in [6.07, 6.45) is 9.90. The van der Waals surface area contributed by atoms with Gasteiger partial charge >= 0.3 is 6.03 Å². The van der Waals surface area contributed by atoms with E-state index in [4.69, 9.17) is 0 Å². The summed E-state index contributed by atoms with van der Waals surface area (Å²) >= 11 is 1.63. The van der Waals surface area contributed by atoms with Crippen molar-refractivity contribution < 1.29 is 4.79 Å². The molecule has 2 aromatic rings. The van der Waals surface area contributed by atoms with Crippen molar-refractivity contribution in [1.82, 2.24) is 25.2 Å². The number of nitrogens with one attached hydrogen (secondary N) is 2. The molecule has 23 heavy (non-hydrogen) atoms. The normalized spacial score (nSPS) is 22.8. The summed E-state index contributed by atoms with van der Waals surface area (Å²) < 4.78 is 0. The van der Waals surface area contributed by atoms with Crippen LogP contribution in [-0.2, 0) is 0 Å². The van der Waals surface area contributed by atoms with Crippen LogP contribution >= 0.6 is 11.3 Å². The summed E-state index contributed by atoms with van der Waals surface area (Å²) in [5.74, 6) is 1.85. The molecule has 1 saturated carbocycles. The number of hydrogen-bond donors (Lipinski definition) is 2. The van der Waals surface area contributed by atoms with E-state index >= 15 is 0 Å². The Kier molecular flexibility index (Phi) is 4.03. The van der Waals surface area contributed by atoms with Gasteiger partial charge in [-0.2, -0.15) is 0 Å². The molecule has 2 aliphatic rings. The predicted octanol–water partition coefficient (Wildman–Crippen LogP) is 2.91. The summed E-state index contributed by atoms with van der Waals surface area (Å²) in [7, 11) is 0. The maximum absolute atomic E-state index is 12.7. The van der Waals surface area contributed by atoms with Crippen molar-refractivity contribution in [2.45, 2.75) is 37.6 Å². The molecule has 0 bridgehead atoms. The molecule has 1 saturated heterocycles. The fourth-order valence-electron chi connectivity index (χ4n) is 3.31. The Morgan fingerprint density at radius 2 is 2.26 bits per heavy atom. The van der Waals surface area contributed by atoms with Crippen LogP contribution in [0.2, 0.25) is 0 Å². The minimum absolute atomic E-state index is 0.0355. The van der Waals surface area contributed by atoms with Crippen LogP contribution < -0.4 is 5.32 Å². The van der Waals surface area contributed by atoms with E-state index in [-0.39, 0.29) is 12.1 Å². The van der Waals surface area contributed by atoms with Crippen molar-refractivity contribution in [3.63, 3.8) is 0 Å². The van der Waals surface area contributed by atoms with E-state index in [1.165, 1.54) is 12.8 Å². The molecule has 0 aromatic carbocycles. The highest BCUT2D eigenvalue weighted by atomic mass is 32.1. The molecule has 6 nitrogen and oxygen atoms in total. The number of imidazole rings is 1. The molecule has 0 radical (unpaired) electrons. The summed E-state index contributed by atoms with van der Waals surface area (Å²) in [4.78, 5) is 26.6. The molecule has 2 atom stereocenters. The average Bonchev–Trinajstić information content (AvgIpc) is 3.06. The molecule has 1 aliphatic carbocycles. The van der Waals surface area contributed by atoms with E-state index in [9.17, 15) is 4.79 Å². The number of aromatic nitrogens is 3. The van der Waals surface area contributed by atoms with Gasteiger partial charge in [0, 0.05) is 43.0 Å². The molecule has 2 N–H and O–H groups in total. The smallest absolute Gasteiger partial charge is 0.317 e. The molecule has 2 amide bonds. The van der Waals surface area contributed by atoms with Gasteiger partial charge in [0.25, 0.3) is 0 Å². The van der Waals surface area contributed by atoms with Crippen LogP contribution in [0.25, 0.3) is 0 Å². The quantitative estimate of drug-likeness (QED) is 0.904. The zero-order valence-electron chi connectivity index (χ0n) is 12.9. The number of carbonyl (C=O) groups is 1. The van der Waals surface area contributed by atoms with Crippen LogP contribution in [0.3, 0.4) is 0 Å². The van der Waals surface area contributed by atoms with Crippen molar-refractivity contribution in [1.29, 1.82) is 0 Å². The highest BCUT2D eigenvalue weighted by Crippen LogP contribution is 2.41. The van der Waals surface area contributed by atoms with E-state index in [2.05, 4.69) is 20.3 Å². The third-order valence-electron chi connectivity index (χ3n) is 4.70. The van der Waals surface area contributed by atoms with Crippen molar-refractivity contribution in [2.75, 3.05) is 13.1 Å². The lowest BCUT2D eigenvalue weighted by Gasteiger charge is -2.33. The minimum Gasteiger partial charge on any atom is -0.348 e. The van der Waals surface area contributed by atoms with Gasteiger partial charge in [-0.1, -0.05) is 0 Å². The van der Waals surface area contributed by atoms with E-state index < -0.39 is 0 Å². The van der Waals surface area contributed by atoms with Crippen LogP contribution in [0.1, 0.15) is 48.5 Å². The van der Waals surface area contributed by atoms with Crippen LogP contribution in [-0.4, -0.2) is 39.0 Å². The predicted molar refractivity (Wildman–Crippen MR) is 88.2 cm³/mol. The first-order valence-corrected chi connectivity index (χ1v) is 9.13. The number of H-pyrrole nitrogens is 1. The van der Waals surface area contributed by atoms with Crippen LogP contribution in [0.15, 0.2) is 24.0 Å². The lowest BCUT2D eigenvalue weighted by atomic mass is 9.97. The second-order valence-corrected chi connectivity index (χ2v) is 7.32. The number of piperidine rings is 1. The minimum atomic E-state index is 0.0355. The first-order valence-electron chi connectivity index (χ1n) is 8.25. The third kappa shape index (κ3) is 3.24. The number of likely N-dealkylation sites (tertiary alicyclic amines) is 1. The number of thiazole rings is 1. The molecule has 2 fully saturated rings. The summed E-state index contributed by atoms with van der Waals surface area (Å²) in [5.41, 5.74) is 0. The maximum atomic E-state index is 12.7. The van der Waals surface area contributed by atoms with Gasteiger partial charge in [0.15, 0.2) is 0 Å². The average molecular weight is 331 g/mol. The van der Waals surface area contributed by atoms with E-state index in [1.54, 1.807) is 17.5 Å². The number of rotatable bonds is 4. The maximum Gasteiger partial charge on any atom is 0.317 e. The molecular weight excluding hydrogens is 310 g/mol. The van der Waals surface area contributed by atoms with Crippen molar-refractivity contribution >= 4 is 17.4 Å². The Morgan fingerprint density at radius 3 is 2.96 bits per heavy atom. The first kappa shape index (κ1) is 14.7. The van der Waals surface area contributed by atoms with Gasteiger partial charge in [-0.3, -0.25) is 0 Å². The number of nitrogens with zero attached hydrogens (tertiary/aromatic N) is 3. The standard InChI is InChI=1S/C16H21N5OS/c22-16(20-13(11-3-4-11)15-19-7-9-23-15)21-8-1-2-12(10-21)14-17-5-6-18-14/h5-7,9,11-13H,1-4,8,10H2,(H,17,18)(H,20,22)/t12-,13+/m1/s1. The zero-order chi connectivity index (χ0) is 15.6. The largest absolute Gasteiger partial charge is 0.348 e. The van der Waals surface area contributed by atoms with Crippen LogP contribution in [0.4, 0.5) is 4.79 Å². The highest BCUT2D eigenvalue weighted by Gasteiger charge is 2.36. The lowest BCUT2D eigenvalue weighted by molar-refractivity contribution is 0.173. The number of urea groups is 1. The molecule has 1 aliphatic heterocycles. The topological polar surface area (TPSA) is 73.9 Å². The van der Waals surface area contributed by atoms with Crippen molar-refractivity contribution in [3.8, 4) is 0 Å². The second-order valence-electron chi connectivity index (χ2n) is 6.39. The van der Waals surface area contributed by atoms with Crippen molar-refractivity contribution in [2.24, 2.45) is 5.92 Å². The fourth-order valence-corrected chi connectivity index (χ4v) is 4.09. The molecule has 0 unspecified atom stereocenters. The molecule has 3 heterocycles. The van der Waals surface area contributed by atoms with E-state index in [1.807, 2.05) is 22.7 Å². The summed E-state index contributed by atoms with van der Waals surface area (Å²) in [6.45, 7) is 1.55. The third-order valence-corrected chi connectivity index (χ3v) is 5.56. The van der Waals surface area contributed by atoms with Gasteiger partial charge in [-0.15, -0.1) is 11.3 Å². The van der Waals surface area contributed by atoms with Gasteiger partial charge in [-0.05, 0) is 31.6 Å². The SMILES string of the molecule is O=C(N[C@H](c1nccs1)C1CC1)N1CCC[C@@H](c2ncc[nH]2)C1. The number of hydrogen-bond acceptors (Lipinski definition) is 4. The van der Waals surface area contributed by atoms with E-state index in [0.29, 0.717) is 11.8 Å². The van der Waals surface area contributed by atoms with Crippen molar-refractivity contribution in [3.05, 3.63) is 34.8 Å². The fraction of sp³-hybridized carbons (Fsp3) is 0.562. The Labute approximate surface area is 139 Å². The molecule has 2 aromatic heterocycles. The molecular formula is C16H21N5OS. The Hall–Kier alpha value is -1.89. The Balaban J connectivity index is 1.42. The van der Waals surface area contributed by atoms with Crippen LogP contribution in [0, 0.1) is 5.92 Å². The van der Waals surface area contributed by atoms with Gasteiger partial charge in [0.2, 0.25) is 0 Å². The molecule has 4 rings (SSSR count). The lowest BCUT2D eigenvalue weighted by Crippen LogP contribution is -2.46. The Bertz CT molecular complexity index is 637. The molecule has 0 spiro atoms. The number of carbonyl (C=O) groups excluding carboxylic acids is 1. The van der Waals surface area contributed by atoms with Crippen LogP contribution in [0.5, 0.6) is 0 Å². The summed E-state index contributed by atoms with van der Waals surface area (Å²) in [5, 5.41) is 6.23. The number of amides is 2. The number of aromatic amines is 1. The molecule has 122 valence electrons. The molecule has 7 heteroatoms. The Morgan fingerprint density at radius 1 is 1.35 bits per heavy atom. The second kappa shape index (κ2) is 6.31.